The summed E-state index contributed by atoms with van der Waals surface area (Å²) in [6, 6.07) is 0.0753. The third-order valence-corrected chi connectivity index (χ3v) is 3.61. The molecule has 19 heavy (non-hydrogen) atoms. The zero-order valence-electron chi connectivity index (χ0n) is 11.6. The lowest BCUT2D eigenvalue weighted by Gasteiger charge is -2.34. The van der Waals surface area contributed by atoms with Gasteiger partial charge in [-0.3, -0.25) is 9.69 Å². The second-order valence-corrected chi connectivity index (χ2v) is 4.99. The minimum atomic E-state index is -0.251. The molecule has 0 radical (unpaired) electrons. The summed E-state index contributed by atoms with van der Waals surface area (Å²) < 4.78 is 0. The highest BCUT2D eigenvalue weighted by atomic mass is 16.3. The highest BCUT2D eigenvalue weighted by Gasteiger charge is 2.24. The van der Waals surface area contributed by atoms with Gasteiger partial charge < -0.3 is 15.4 Å². The fourth-order valence-corrected chi connectivity index (χ4v) is 2.45. The van der Waals surface area contributed by atoms with Crippen LogP contribution in [0.5, 0.6) is 5.88 Å². The van der Waals surface area contributed by atoms with E-state index >= 15 is 0 Å². The molecule has 0 aliphatic carbocycles. The molecule has 0 aromatic carbocycles. The van der Waals surface area contributed by atoms with Crippen molar-refractivity contribution in [3.05, 3.63) is 21.7 Å². The minimum absolute atomic E-state index is 0.0753. The van der Waals surface area contributed by atoms with Crippen molar-refractivity contribution in [2.75, 3.05) is 26.2 Å². The molecule has 1 unspecified atom stereocenters. The van der Waals surface area contributed by atoms with Crippen LogP contribution in [-0.2, 0) is 0 Å². The van der Waals surface area contributed by atoms with Gasteiger partial charge in [-0.25, -0.2) is 0 Å². The number of rotatable bonds is 4. The van der Waals surface area contributed by atoms with E-state index in [4.69, 9.17) is 0 Å². The molecule has 1 aromatic heterocycles. The molecule has 1 saturated heterocycles. The van der Waals surface area contributed by atoms with E-state index in [9.17, 15) is 9.90 Å². The number of piperazine rings is 1. The Hall–Kier alpha value is -1.40. The zero-order chi connectivity index (χ0) is 13.8. The molecule has 0 spiro atoms. The van der Waals surface area contributed by atoms with Gasteiger partial charge in [-0.15, -0.1) is 0 Å². The number of nitrogens with zero attached hydrogens (tertiary/aromatic N) is 2. The number of H-pyrrole nitrogens is 1. The molecule has 0 bridgehead atoms. The van der Waals surface area contributed by atoms with Crippen LogP contribution in [0.1, 0.15) is 37.2 Å². The van der Waals surface area contributed by atoms with Crippen molar-refractivity contribution < 1.29 is 5.11 Å². The molecule has 1 aliphatic rings. The molecular weight excluding hydrogens is 244 g/mol. The normalized spacial score (nSPS) is 18.4. The monoisotopic (exact) mass is 266 g/mol. The van der Waals surface area contributed by atoms with E-state index in [2.05, 4.69) is 27.1 Å². The summed E-state index contributed by atoms with van der Waals surface area (Å²) in [5.74, 6) is 0.423. The first-order valence-corrected chi connectivity index (χ1v) is 6.88. The number of aromatic hydroxyl groups is 1. The summed E-state index contributed by atoms with van der Waals surface area (Å²) >= 11 is 0. The van der Waals surface area contributed by atoms with Crippen LogP contribution < -0.4 is 10.9 Å². The summed E-state index contributed by atoms with van der Waals surface area (Å²) in [5.41, 5.74) is 0.0260. The quantitative estimate of drug-likeness (QED) is 0.740. The average Bonchev–Trinajstić information content (AvgIpc) is 2.42. The smallest absolute Gasteiger partial charge is 0.257 e. The van der Waals surface area contributed by atoms with E-state index < -0.39 is 0 Å². The molecule has 2 rings (SSSR count). The van der Waals surface area contributed by atoms with Gasteiger partial charge in [-0.2, -0.15) is 4.98 Å². The summed E-state index contributed by atoms with van der Waals surface area (Å²) in [6.07, 6.45) is 1.93. The number of nitrogens with one attached hydrogen (secondary N) is 2. The number of aromatic amines is 1. The van der Waals surface area contributed by atoms with Crippen molar-refractivity contribution in [2.45, 2.75) is 32.7 Å². The topological polar surface area (TPSA) is 81.2 Å². The van der Waals surface area contributed by atoms with Gasteiger partial charge in [0.05, 0.1) is 11.6 Å². The van der Waals surface area contributed by atoms with Gasteiger partial charge in [0.2, 0.25) is 5.88 Å². The summed E-state index contributed by atoms with van der Waals surface area (Å²) in [6.45, 7) is 7.45. The largest absolute Gasteiger partial charge is 0.493 e. The number of hydrogen-bond acceptors (Lipinski definition) is 5. The maximum atomic E-state index is 11.8. The SMILES string of the molecule is CCCC(c1nc(O)c(C)c(=O)[nH]1)N1CCNCC1. The van der Waals surface area contributed by atoms with Crippen molar-refractivity contribution in [3.63, 3.8) is 0 Å². The zero-order valence-corrected chi connectivity index (χ0v) is 11.6. The first kappa shape index (κ1) is 14.0. The average molecular weight is 266 g/mol. The van der Waals surface area contributed by atoms with E-state index in [1.807, 2.05) is 0 Å². The summed E-state index contributed by atoms with van der Waals surface area (Å²) in [4.78, 5) is 21.1. The van der Waals surface area contributed by atoms with E-state index in [0.717, 1.165) is 39.0 Å². The van der Waals surface area contributed by atoms with Crippen LogP contribution in [0.3, 0.4) is 0 Å². The van der Waals surface area contributed by atoms with Crippen LogP contribution in [0.15, 0.2) is 4.79 Å². The Kier molecular flexibility index (Phi) is 4.55. The Bertz CT molecular complexity index is 480. The lowest BCUT2D eigenvalue weighted by atomic mass is 10.1. The Balaban J connectivity index is 2.30. The van der Waals surface area contributed by atoms with Crippen molar-refractivity contribution in [3.8, 4) is 5.88 Å². The highest BCUT2D eigenvalue weighted by Crippen LogP contribution is 2.24. The van der Waals surface area contributed by atoms with Crippen LogP contribution in [-0.4, -0.2) is 46.2 Å². The van der Waals surface area contributed by atoms with Gasteiger partial charge in [0.15, 0.2) is 0 Å². The van der Waals surface area contributed by atoms with E-state index in [0.29, 0.717) is 5.82 Å². The van der Waals surface area contributed by atoms with Crippen molar-refractivity contribution in [1.82, 2.24) is 20.2 Å². The summed E-state index contributed by atoms with van der Waals surface area (Å²) in [5, 5.41) is 13.0. The van der Waals surface area contributed by atoms with Gasteiger partial charge >= 0.3 is 0 Å². The highest BCUT2D eigenvalue weighted by molar-refractivity contribution is 5.21. The molecule has 2 heterocycles. The van der Waals surface area contributed by atoms with E-state index in [-0.39, 0.29) is 23.0 Å². The van der Waals surface area contributed by atoms with E-state index in [1.165, 1.54) is 0 Å². The molecule has 1 aromatic rings. The third-order valence-electron chi connectivity index (χ3n) is 3.61. The molecule has 1 aliphatic heterocycles. The van der Waals surface area contributed by atoms with Crippen LogP contribution in [0, 0.1) is 6.92 Å². The molecule has 106 valence electrons. The third kappa shape index (κ3) is 3.13. The first-order valence-electron chi connectivity index (χ1n) is 6.88. The Morgan fingerprint density at radius 1 is 1.42 bits per heavy atom. The fraction of sp³-hybridized carbons (Fsp3) is 0.692. The van der Waals surface area contributed by atoms with Gasteiger partial charge in [0.25, 0.3) is 5.56 Å². The van der Waals surface area contributed by atoms with E-state index in [1.54, 1.807) is 6.92 Å². The molecule has 1 atom stereocenters. The lowest BCUT2D eigenvalue weighted by Crippen LogP contribution is -2.45. The van der Waals surface area contributed by atoms with Gasteiger partial charge in [-0.1, -0.05) is 13.3 Å². The second kappa shape index (κ2) is 6.16. The molecule has 0 saturated carbocycles. The maximum Gasteiger partial charge on any atom is 0.257 e. The van der Waals surface area contributed by atoms with Gasteiger partial charge in [0, 0.05) is 26.2 Å². The number of hydrogen-bond donors (Lipinski definition) is 3. The molecule has 6 heteroatoms. The molecule has 0 amide bonds. The lowest BCUT2D eigenvalue weighted by molar-refractivity contribution is 0.157. The fourth-order valence-electron chi connectivity index (χ4n) is 2.45. The summed E-state index contributed by atoms with van der Waals surface area (Å²) in [7, 11) is 0. The predicted octanol–water partition coefficient (Wildman–Crippen LogP) is 0.530. The Morgan fingerprint density at radius 2 is 2.11 bits per heavy atom. The van der Waals surface area contributed by atoms with Crippen LogP contribution >= 0.6 is 0 Å². The van der Waals surface area contributed by atoms with Crippen LogP contribution in [0.4, 0.5) is 0 Å². The van der Waals surface area contributed by atoms with Crippen molar-refractivity contribution in [2.24, 2.45) is 0 Å². The maximum absolute atomic E-state index is 11.8. The molecular formula is C13H22N4O2. The Morgan fingerprint density at radius 3 is 2.68 bits per heavy atom. The molecule has 6 nitrogen and oxygen atoms in total. The van der Waals surface area contributed by atoms with Crippen LogP contribution in [0.2, 0.25) is 0 Å². The van der Waals surface area contributed by atoms with Gasteiger partial charge in [0.1, 0.15) is 5.82 Å². The second-order valence-electron chi connectivity index (χ2n) is 4.99. The van der Waals surface area contributed by atoms with Crippen molar-refractivity contribution in [1.29, 1.82) is 0 Å². The first-order chi connectivity index (χ1) is 9.13. The van der Waals surface area contributed by atoms with Crippen molar-refractivity contribution >= 4 is 0 Å². The molecule has 1 fully saturated rings. The standard InChI is InChI=1S/C13H22N4O2/c1-3-4-10(17-7-5-14-6-8-17)11-15-12(18)9(2)13(19)16-11/h10,14H,3-8H2,1-2H3,(H2,15,16,18,19). The minimum Gasteiger partial charge on any atom is -0.493 e. The molecule has 3 N–H and O–H groups in total. The predicted molar refractivity (Wildman–Crippen MR) is 73.4 cm³/mol. The van der Waals surface area contributed by atoms with Gasteiger partial charge in [-0.05, 0) is 13.3 Å². The number of aromatic nitrogens is 2. The van der Waals surface area contributed by atoms with Crippen LogP contribution in [0.25, 0.3) is 0 Å². The Labute approximate surface area is 112 Å².